The number of non-ortho nitro benzene ring substituents is 1. The molecule has 10 heteroatoms. The van der Waals surface area contributed by atoms with Gasteiger partial charge in [0.1, 0.15) is 0 Å². The van der Waals surface area contributed by atoms with Crippen molar-refractivity contribution in [2.45, 2.75) is 6.92 Å². The molecule has 0 bridgehead atoms. The first-order valence-electron chi connectivity index (χ1n) is 8.12. The zero-order chi connectivity index (χ0) is 21.1. The van der Waals surface area contributed by atoms with Crippen LogP contribution in [0.15, 0.2) is 47.1 Å². The highest BCUT2D eigenvalue weighted by atomic mass is 35.5. The number of carbonyl (C=O) groups is 2. The van der Waals surface area contributed by atoms with Crippen LogP contribution in [0.1, 0.15) is 18.1 Å². The Hall–Kier alpha value is -3.72. The highest BCUT2D eigenvalue weighted by molar-refractivity contribution is 6.34. The number of methoxy groups -OCH3 is 1. The largest absolute Gasteiger partial charge is 0.493 e. The van der Waals surface area contributed by atoms with E-state index in [-0.39, 0.29) is 33.6 Å². The van der Waals surface area contributed by atoms with E-state index in [0.717, 1.165) is 0 Å². The molecule has 1 aliphatic rings. The standard InChI is InChI=1S/C19H13ClN2O7/c1-10(23)28-17-8-11(3-6-16(17)27-2)7-15-19(24)29-18(21-15)13-9-12(22(25)26)4-5-14(13)20/h3-9H,1-2H3. The van der Waals surface area contributed by atoms with Gasteiger partial charge in [-0.1, -0.05) is 17.7 Å². The summed E-state index contributed by atoms with van der Waals surface area (Å²) in [7, 11) is 1.42. The van der Waals surface area contributed by atoms with E-state index in [1.807, 2.05) is 0 Å². The summed E-state index contributed by atoms with van der Waals surface area (Å²) in [5, 5.41) is 11.1. The third-order valence-electron chi connectivity index (χ3n) is 3.76. The first-order chi connectivity index (χ1) is 13.8. The maximum Gasteiger partial charge on any atom is 0.363 e. The minimum atomic E-state index is -0.757. The van der Waals surface area contributed by atoms with Crippen molar-refractivity contribution in [3.05, 3.63) is 68.4 Å². The second-order valence-electron chi connectivity index (χ2n) is 5.76. The third kappa shape index (κ3) is 4.41. The van der Waals surface area contributed by atoms with Gasteiger partial charge in [0, 0.05) is 19.1 Å². The van der Waals surface area contributed by atoms with Crippen LogP contribution in [0.4, 0.5) is 5.69 Å². The maximum absolute atomic E-state index is 12.2. The van der Waals surface area contributed by atoms with Crippen LogP contribution in [0.5, 0.6) is 11.5 Å². The number of halogens is 1. The predicted octanol–water partition coefficient (Wildman–Crippen LogP) is 3.53. The summed E-state index contributed by atoms with van der Waals surface area (Å²) in [5.74, 6) is -0.930. The molecule has 29 heavy (non-hydrogen) atoms. The summed E-state index contributed by atoms with van der Waals surface area (Å²) >= 11 is 6.06. The average Bonchev–Trinajstić information content (AvgIpc) is 3.02. The number of nitro groups is 1. The first-order valence-corrected chi connectivity index (χ1v) is 8.49. The van der Waals surface area contributed by atoms with Gasteiger partial charge >= 0.3 is 11.9 Å². The Morgan fingerprint density at radius 3 is 2.66 bits per heavy atom. The number of aliphatic imine (C=N–C) groups is 1. The summed E-state index contributed by atoms with van der Waals surface area (Å²) < 4.78 is 15.3. The van der Waals surface area contributed by atoms with Gasteiger partial charge in [-0.3, -0.25) is 14.9 Å². The van der Waals surface area contributed by atoms with Gasteiger partial charge in [-0.15, -0.1) is 0 Å². The van der Waals surface area contributed by atoms with E-state index in [0.29, 0.717) is 11.3 Å². The molecule has 0 spiro atoms. The van der Waals surface area contributed by atoms with Crippen molar-refractivity contribution in [2.75, 3.05) is 7.11 Å². The second kappa shape index (κ2) is 8.11. The fourth-order valence-electron chi connectivity index (χ4n) is 2.49. The SMILES string of the molecule is COc1ccc(C=C2N=C(c3cc([N+](=O)[O-])ccc3Cl)OC2=O)cc1OC(C)=O. The monoisotopic (exact) mass is 416 g/mol. The fraction of sp³-hybridized carbons (Fsp3) is 0.105. The lowest BCUT2D eigenvalue weighted by molar-refractivity contribution is -0.384. The number of carbonyl (C=O) groups excluding carboxylic acids is 2. The number of ether oxygens (including phenoxy) is 3. The van der Waals surface area contributed by atoms with E-state index in [2.05, 4.69) is 4.99 Å². The van der Waals surface area contributed by atoms with Crippen molar-refractivity contribution in [2.24, 2.45) is 4.99 Å². The molecule has 0 radical (unpaired) electrons. The number of hydrogen-bond acceptors (Lipinski definition) is 8. The van der Waals surface area contributed by atoms with E-state index in [4.69, 9.17) is 25.8 Å². The summed E-state index contributed by atoms with van der Waals surface area (Å²) in [6.45, 7) is 1.25. The third-order valence-corrected chi connectivity index (χ3v) is 4.09. The van der Waals surface area contributed by atoms with Crippen molar-refractivity contribution in [3.63, 3.8) is 0 Å². The summed E-state index contributed by atoms with van der Waals surface area (Å²) in [6.07, 6.45) is 1.41. The summed E-state index contributed by atoms with van der Waals surface area (Å²) in [5.41, 5.74) is 0.334. The highest BCUT2D eigenvalue weighted by Gasteiger charge is 2.27. The molecule has 0 amide bonds. The van der Waals surface area contributed by atoms with Crippen LogP contribution >= 0.6 is 11.6 Å². The lowest BCUT2D eigenvalue weighted by Crippen LogP contribution is -2.06. The van der Waals surface area contributed by atoms with Crippen LogP contribution in [0.3, 0.4) is 0 Å². The van der Waals surface area contributed by atoms with Gasteiger partial charge in [0.2, 0.25) is 5.90 Å². The predicted molar refractivity (Wildman–Crippen MR) is 103 cm³/mol. The molecule has 0 saturated carbocycles. The Morgan fingerprint density at radius 2 is 2.00 bits per heavy atom. The fourth-order valence-corrected chi connectivity index (χ4v) is 2.69. The molecule has 148 valence electrons. The van der Waals surface area contributed by atoms with Crippen molar-refractivity contribution >= 4 is 41.2 Å². The Kier molecular flexibility index (Phi) is 5.60. The minimum absolute atomic E-state index is 0.0542. The smallest absolute Gasteiger partial charge is 0.363 e. The van der Waals surface area contributed by atoms with Crippen molar-refractivity contribution in [1.29, 1.82) is 0 Å². The molecule has 0 unspecified atom stereocenters. The maximum atomic E-state index is 12.2. The molecule has 0 N–H and O–H groups in total. The normalized spacial score (nSPS) is 14.4. The number of esters is 2. The molecular formula is C19H13ClN2O7. The zero-order valence-corrected chi connectivity index (χ0v) is 15.9. The van der Waals surface area contributed by atoms with E-state index in [9.17, 15) is 19.7 Å². The molecule has 0 saturated heterocycles. The molecule has 0 atom stereocenters. The van der Waals surface area contributed by atoms with Crippen molar-refractivity contribution < 1.29 is 28.7 Å². The molecule has 9 nitrogen and oxygen atoms in total. The van der Waals surface area contributed by atoms with Crippen LogP contribution in [0, 0.1) is 10.1 Å². The van der Waals surface area contributed by atoms with E-state index in [1.165, 1.54) is 44.4 Å². The van der Waals surface area contributed by atoms with Crippen molar-refractivity contribution in [3.8, 4) is 11.5 Å². The lowest BCUT2D eigenvalue weighted by Gasteiger charge is -2.08. The quantitative estimate of drug-likeness (QED) is 0.240. The van der Waals surface area contributed by atoms with Gasteiger partial charge in [0.05, 0.1) is 22.6 Å². The lowest BCUT2D eigenvalue weighted by atomic mass is 10.1. The number of cyclic esters (lactones) is 1. The van der Waals surface area contributed by atoms with Crippen LogP contribution in [-0.4, -0.2) is 29.9 Å². The van der Waals surface area contributed by atoms with E-state index >= 15 is 0 Å². The molecule has 2 aromatic rings. The van der Waals surface area contributed by atoms with Crippen molar-refractivity contribution in [1.82, 2.24) is 0 Å². The highest BCUT2D eigenvalue weighted by Crippen LogP contribution is 2.31. The first kappa shape index (κ1) is 20.0. The Morgan fingerprint density at radius 1 is 1.24 bits per heavy atom. The van der Waals surface area contributed by atoms with Gasteiger partial charge in [0.25, 0.3) is 5.69 Å². The minimum Gasteiger partial charge on any atom is -0.493 e. The average molecular weight is 417 g/mol. The molecule has 0 aliphatic carbocycles. The molecule has 2 aromatic carbocycles. The molecule has 3 rings (SSSR count). The molecule has 1 heterocycles. The molecule has 0 aromatic heterocycles. The van der Waals surface area contributed by atoms with E-state index < -0.39 is 16.9 Å². The molecule has 0 fully saturated rings. The number of rotatable bonds is 5. The number of nitrogens with zero attached hydrogens (tertiary/aromatic N) is 2. The zero-order valence-electron chi connectivity index (χ0n) is 15.2. The van der Waals surface area contributed by atoms with Gasteiger partial charge in [-0.2, -0.15) is 0 Å². The Balaban J connectivity index is 1.98. The van der Waals surface area contributed by atoms with Crippen LogP contribution in [0.25, 0.3) is 6.08 Å². The number of hydrogen-bond donors (Lipinski definition) is 0. The van der Waals surface area contributed by atoms with Gasteiger partial charge < -0.3 is 14.2 Å². The summed E-state index contributed by atoms with van der Waals surface area (Å²) in [6, 6.07) is 8.40. The van der Waals surface area contributed by atoms with Gasteiger partial charge in [-0.05, 0) is 29.8 Å². The van der Waals surface area contributed by atoms with Crippen LogP contribution < -0.4 is 9.47 Å². The summed E-state index contributed by atoms with van der Waals surface area (Å²) in [4.78, 5) is 37.9. The Bertz CT molecular complexity index is 1090. The number of benzene rings is 2. The second-order valence-corrected chi connectivity index (χ2v) is 6.17. The van der Waals surface area contributed by atoms with Crippen LogP contribution in [0.2, 0.25) is 5.02 Å². The molecule has 1 aliphatic heterocycles. The van der Waals surface area contributed by atoms with E-state index in [1.54, 1.807) is 12.1 Å². The van der Waals surface area contributed by atoms with Gasteiger partial charge in [0.15, 0.2) is 17.2 Å². The topological polar surface area (TPSA) is 117 Å². The number of nitro benzene ring substituents is 1. The Labute approximate surface area is 169 Å². The van der Waals surface area contributed by atoms with Crippen LogP contribution in [-0.2, 0) is 14.3 Å². The molecular weight excluding hydrogens is 404 g/mol. The van der Waals surface area contributed by atoms with Gasteiger partial charge in [-0.25, -0.2) is 9.79 Å².